The maximum atomic E-state index is 11.6. The van der Waals surface area contributed by atoms with Crippen LogP contribution in [0.1, 0.15) is 20.8 Å². The third kappa shape index (κ3) is 3.23. The number of anilines is 1. The number of rotatable bonds is 5. The lowest BCUT2D eigenvalue weighted by Gasteiger charge is -2.05. The van der Waals surface area contributed by atoms with Gasteiger partial charge in [0.25, 0.3) is 11.8 Å². The molecule has 0 fully saturated rings. The van der Waals surface area contributed by atoms with E-state index in [0.29, 0.717) is 5.00 Å². The number of ether oxygens (including phenoxy) is 1. The Labute approximate surface area is 117 Å². The Balaban J connectivity index is 1.88. The highest BCUT2D eigenvalue weighted by Crippen LogP contribution is 2.22. The van der Waals surface area contributed by atoms with Crippen molar-refractivity contribution in [2.24, 2.45) is 5.73 Å². The summed E-state index contributed by atoms with van der Waals surface area (Å²) >= 11 is 1.16. The number of hydrogen-bond donors (Lipinski definition) is 3. The third-order valence-corrected chi connectivity index (χ3v) is 3.17. The largest absolute Gasteiger partial charge is 0.451 e. The summed E-state index contributed by atoms with van der Waals surface area (Å²) in [4.78, 5) is 36.8. The molecule has 0 atom stereocenters. The van der Waals surface area contributed by atoms with Gasteiger partial charge >= 0.3 is 5.97 Å². The zero-order chi connectivity index (χ0) is 14.5. The number of nitrogens with one attached hydrogen (secondary N) is 2. The van der Waals surface area contributed by atoms with Crippen LogP contribution in [0, 0.1) is 0 Å². The third-order valence-electron chi connectivity index (χ3n) is 2.34. The van der Waals surface area contributed by atoms with Crippen LogP contribution in [0.5, 0.6) is 0 Å². The maximum absolute atomic E-state index is 11.6. The summed E-state index contributed by atoms with van der Waals surface area (Å²) in [6.45, 7) is -0.450. The molecule has 2 aromatic rings. The maximum Gasteiger partial charge on any atom is 0.355 e. The summed E-state index contributed by atoms with van der Waals surface area (Å²) < 4.78 is 4.80. The molecule has 0 aliphatic carbocycles. The van der Waals surface area contributed by atoms with E-state index >= 15 is 0 Å². The second-order valence-corrected chi connectivity index (χ2v) is 4.65. The number of carbonyl (C=O) groups is 3. The van der Waals surface area contributed by atoms with Crippen LogP contribution in [0.4, 0.5) is 5.00 Å². The molecule has 8 heteroatoms. The van der Waals surface area contributed by atoms with Crippen LogP contribution in [0.3, 0.4) is 0 Å². The van der Waals surface area contributed by atoms with Gasteiger partial charge in [-0.05, 0) is 23.6 Å². The van der Waals surface area contributed by atoms with Crippen molar-refractivity contribution in [2.75, 3.05) is 11.9 Å². The van der Waals surface area contributed by atoms with Crippen LogP contribution in [0.15, 0.2) is 29.8 Å². The van der Waals surface area contributed by atoms with E-state index in [4.69, 9.17) is 10.5 Å². The number of aromatic amines is 1. The van der Waals surface area contributed by atoms with Crippen molar-refractivity contribution in [1.29, 1.82) is 0 Å². The summed E-state index contributed by atoms with van der Waals surface area (Å²) in [6, 6.07) is 4.68. The summed E-state index contributed by atoms with van der Waals surface area (Å²) in [5.41, 5.74) is 5.63. The van der Waals surface area contributed by atoms with Gasteiger partial charge in [0.2, 0.25) is 0 Å². The first-order valence-electron chi connectivity index (χ1n) is 5.55. The lowest BCUT2D eigenvalue weighted by atomic mass is 10.3. The van der Waals surface area contributed by atoms with Gasteiger partial charge in [0, 0.05) is 6.20 Å². The first-order chi connectivity index (χ1) is 9.58. The fourth-order valence-electron chi connectivity index (χ4n) is 1.43. The van der Waals surface area contributed by atoms with Crippen LogP contribution in [-0.4, -0.2) is 29.4 Å². The number of H-pyrrole nitrogens is 1. The van der Waals surface area contributed by atoms with Crippen molar-refractivity contribution in [2.45, 2.75) is 0 Å². The van der Waals surface area contributed by atoms with Gasteiger partial charge in [-0.1, -0.05) is 0 Å². The van der Waals surface area contributed by atoms with Crippen LogP contribution >= 0.6 is 11.3 Å². The molecule has 20 heavy (non-hydrogen) atoms. The van der Waals surface area contributed by atoms with E-state index in [1.165, 1.54) is 12.1 Å². The SMILES string of the molecule is NC(=O)c1ccsc1NC(=O)COC(=O)c1ccc[nH]1. The quantitative estimate of drug-likeness (QED) is 0.712. The van der Waals surface area contributed by atoms with E-state index < -0.39 is 24.4 Å². The zero-order valence-corrected chi connectivity index (χ0v) is 11.0. The summed E-state index contributed by atoms with van der Waals surface area (Å²) in [6.07, 6.45) is 1.57. The molecule has 104 valence electrons. The van der Waals surface area contributed by atoms with E-state index in [1.807, 2.05) is 0 Å². The minimum Gasteiger partial charge on any atom is -0.451 e. The number of esters is 1. The van der Waals surface area contributed by atoms with Crippen molar-refractivity contribution >= 4 is 34.1 Å². The Morgan fingerprint density at radius 1 is 1.35 bits per heavy atom. The molecule has 0 aliphatic heterocycles. The Morgan fingerprint density at radius 3 is 2.80 bits per heavy atom. The molecule has 0 saturated carbocycles. The van der Waals surface area contributed by atoms with Crippen LogP contribution < -0.4 is 11.1 Å². The van der Waals surface area contributed by atoms with Gasteiger partial charge in [0.15, 0.2) is 6.61 Å². The molecule has 2 heterocycles. The molecule has 2 aromatic heterocycles. The second-order valence-electron chi connectivity index (χ2n) is 3.74. The minimum atomic E-state index is -0.634. The molecule has 4 N–H and O–H groups in total. The van der Waals surface area contributed by atoms with Gasteiger partial charge < -0.3 is 20.8 Å². The second kappa shape index (κ2) is 6.02. The Morgan fingerprint density at radius 2 is 2.15 bits per heavy atom. The first kappa shape index (κ1) is 13.8. The van der Waals surface area contributed by atoms with Gasteiger partial charge in [0.1, 0.15) is 10.7 Å². The average molecular weight is 293 g/mol. The van der Waals surface area contributed by atoms with E-state index in [0.717, 1.165) is 11.3 Å². The number of nitrogens with two attached hydrogens (primary N) is 1. The lowest BCUT2D eigenvalue weighted by molar-refractivity contribution is -0.119. The minimum absolute atomic E-state index is 0.221. The molecule has 0 aromatic carbocycles. The van der Waals surface area contributed by atoms with Gasteiger partial charge in [-0.15, -0.1) is 11.3 Å². The topological polar surface area (TPSA) is 114 Å². The molecule has 7 nitrogen and oxygen atoms in total. The lowest BCUT2D eigenvalue weighted by Crippen LogP contribution is -2.22. The van der Waals surface area contributed by atoms with E-state index in [2.05, 4.69) is 10.3 Å². The number of primary amides is 1. The molecule has 0 aliphatic rings. The Hall–Kier alpha value is -2.61. The number of thiophene rings is 1. The van der Waals surface area contributed by atoms with Crippen molar-refractivity contribution in [1.82, 2.24) is 4.98 Å². The van der Waals surface area contributed by atoms with Gasteiger partial charge in [-0.3, -0.25) is 9.59 Å². The Kier molecular flexibility index (Phi) is 4.16. The predicted octanol–water partition coefficient (Wildman–Crippen LogP) is 0.971. The predicted molar refractivity (Wildman–Crippen MR) is 72.5 cm³/mol. The summed E-state index contributed by atoms with van der Waals surface area (Å²) in [5, 5.41) is 4.42. The molecule has 0 radical (unpaired) electrons. The highest BCUT2D eigenvalue weighted by atomic mass is 32.1. The zero-order valence-electron chi connectivity index (χ0n) is 10.2. The van der Waals surface area contributed by atoms with Crippen molar-refractivity contribution in [3.63, 3.8) is 0 Å². The average Bonchev–Trinajstić information content (AvgIpc) is 3.06. The van der Waals surface area contributed by atoms with E-state index in [1.54, 1.807) is 17.6 Å². The van der Waals surface area contributed by atoms with Crippen LogP contribution in [-0.2, 0) is 9.53 Å². The smallest absolute Gasteiger partial charge is 0.355 e. The number of hydrogen-bond acceptors (Lipinski definition) is 5. The van der Waals surface area contributed by atoms with Crippen molar-refractivity contribution < 1.29 is 19.1 Å². The standard InChI is InChI=1S/C12H11N3O4S/c13-10(17)7-3-5-20-11(7)15-9(16)6-19-12(18)8-2-1-4-14-8/h1-5,14H,6H2,(H2,13,17)(H,15,16). The van der Waals surface area contributed by atoms with Gasteiger partial charge in [-0.2, -0.15) is 0 Å². The molecule has 0 unspecified atom stereocenters. The highest BCUT2D eigenvalue weighted by molar-refractivity contribution is 7.14. The van der Waals surface area contributed by atoms with E-state index in [9.17, 15) is 14.4 Å². The van der Waals surface area contributed by atoms with Crippen LogP contribution in [0.2, 0.25) is 0 Å². The molecule has 0 spiro atoms. The monoisotopic (exact) mass is 293 g/mol. The van der Waals surface area contributed by atoms with Crippen molar-refractivity contribution in [3.05, 3.63) is 41.0 Å². The highest BCUT2D eigenvalue weighted by Gasteiger charge is 2.14. The van der Waals surface area contributed by atoms with Gasteiger partial charge in [0.05, 0.1) is 5.56 Å². The molecular formula is C12H11N3O4S. The molecule has 2 amide bonds. The van der Waals surface area contributed by atoms with E-state index in [-0.39, 0.29) is 11.3 Å². The van der Waals surface area contributed by atoms with Gasteiger partial charge in [-0.25, -0.2) is 4.79 Å². The fourth-order valence-corrected chi connectivity index (χ4v) is 2.24. The first-order valence-corrected chi connectivity index (χ1v) is 6.43. The summed E-state index contributed by atoms with van der Waals surface area (Å²) in [7, 11) is 0. The summed E-state index contributed by atoms with van der Waals surface area (Å²) in [5.74, 6) is -1.81. The number of aromatic nitrogens is 1. The Bertz CT molecular complexity index is 633. The number of carbonyl (C=O) groups excluding carboxylic acids is 3. The molecule has 0 saturated heterocycles. The molecule has 2 rings (SSSR count). The van der Waals surface area contributed by atoms with Crippen molar-refractivity contribution in [3.8, 4) is 0 Å². The fraction of sp³-hybridized carbons (Fsp3) is 0.0833. The van der Waals surface area contributed by atoms with Crippen LogP contribution in [0.25, 0.3) is 0 Å². The normalized spacial score (nSPS) is 10.0. The molecular weight excluding hydrogens is 282 g/mol. The number of amides is 2. The molecule has 0 bridgehead atoms.